The number of hydrogen-bond donors (Lipinski definition) is 1. The molecule has 164 valence electrons. The minimum absolute atomic E-state index is 0.0820. The first-order valence-corrected chi connectivity index (χ1v) is 11.1. The van der Waals surface area contributed by atoms with Crippen LogP contribution in [0.5, 0.6) is 0 Å². The van der Waals surface area contributed by atoms with E-state index < -0.39 is 5.97 Å². The Hall–Kier alpha value is -2.64. The fourth-order valence-corrected chi connectivity index (χ4v) is 4.38. The highest BCUT2D eigenvalue weighted by Gasteiger charge is 2.28. The lowest BCUT2D eigenvalue weighted by molar-refractivity contribution is 0.0495. The molecule has 1 amide bonds. The zero-order valence-electron chi connectivity index (χ0n) is 18.0. The van der Waals surface area contributed by atoms with Crippen LogP contribution in [0.4, 0.5) is 0 Å². The van der Waals surface area contributed by atoms with Gasteiger partial charge in [0.1, 0.15) is 6.33 Å². The number of pyridine rings is 1. The molecule has 3 aromatic rings. The second-order valence-electron chi connectivity index (χ2n) is 8.24. The van der Waals surface area contributed by atoms with Crippen molar-refractivity contribution in [2.24, 2.45) is 0 Å². The number of hydrogen-bond acceptors (Lipinski definition) is 5. The van der Waals surface area contributed by atoms with Crippen molar-refractivity contribution in [3.8, 4) is 0 Å². The predicted octanol–water partition coefficient (Wildman–Crippen LogP) is 3.92. The van der Waals surface area contributed by atoms with Crippen LogP contribution in [0, 0.1) is 0 Å². The molecule has 2 aromatic heterocycles. The zero-order chi connectivity index (χ0) is 22.1. The topological polar surface area (TPSA) is 75.9 Å². The van der Waals surface area contributed by atoms with E-state index in [4.69, 9.17) is 16.3 Å². The number of unbranched alkanes of at least 4 members (excludes halogenated alkanes) is 1. The summed E-state index contributed by atoms with van der Waals surface area (Å²) >= 11 is 6.27. The molecule has 0 spiro atoms. The largest absolute Gasteiger partial charge is 0.461 e. The molecule has 8 heteroatoms. The third-order valence-corrected chi connectivity index (χ3v) is 5.83. The Morgan fingerprint density at radius 3 is 2.65 bits per heavy atom. The van der Waals surface area contributed by atoms with Crippen molar-refractivity contribution in [1.82, 2.24) is 19.6 Å². The monoisotopic (exact) mass is 442 g/mol. The van der Waals surface area contributed by atoms with Gasteiger partial charge in [-0.25, -0.2) is 9.78 Å². The molecule has 1 aliphatic heterocycles. The summed E-state index contributed by atoms with van der Waals surface area (Å²) in [7, 11) is 0. The molecule has 1 fully saturated rings. The molecule has 4 rings (SSSR count). The number of halogens is 1. The highest BCUT2D eigenvalue weighted by molar-refractivity contribution is 6.31. The maximum absolute atomic E-state index is 13.6. The van der Waals surface area contributed by atoms with Gasteiger partial charge in [0, 0.05) is 35.6 Å². The molecular formula is C23H27ClN4O3. The van der Waals surface area contributed by atoms with E-state index in [9.17, 15) is 9.59 Å². The first-order chi connectivity index (χ1) is 14.9. The molecule has 1 N–H and O–H groups in total. The summed E-state index contributed by atoms with van der Waals surface area (Å²) in [5.41, 5.74) is 2.04. The number of esters is 1. The van der Waals surface area contributed by atoms with Crippen molar-refractivity contribution in [2.75, 3.05) is 19.7 Å². The normalized spacial score (nSPS) is 19.2. The lowest BCUT2D eigenvalue weighted by atomic mass is 10.0. The molecule has 3 heterocycles. The van der Waals surface area contributed by atoms with E-state index in [0.717, 1.165) is 23.7 Å². The Bertz CT molecular complexity index is 1130. The summed E-state index contributed by atoms with van der Waals surface area (Å²) in [6.07, 6.45) is 3.32. The summed E-state index contributed by atoms with van der Waals surface area (Å²) in [5, 5.41) is 4.72. The maximum atomic E-state index is 13.6. The number of fused-ring (bicyclic) bond motifs is 3. The average molecular weight is 443 g/mol. The van der Waals surface area contributed by atoms with Gasteiger partial charge in [-0.15, -0.1) is 0 Å². The summed E-state index contributed by atoms with van der Waals surface area (Å²) < 4.78 is 7.18. The highest BCUT2D eigenvalue weighted by atomic mass is 35.5. The standard InChI is InChI=1S/C23H27ClN4O3/c1-4-5-8-31-23(30)21-20-10-18(22(29)27-11-14(2)26-15(3)12-27)17-9-16(24)6-7-19(17)28(20)13-25-21/h6-7,9-10,13-15,26H,4-5,8,11-12H2,1-3H3/t14-,15+. The van der Waals surface area contributed by atoms with Gasteiger partial charge in [0.15, 0.2) is 5.69 Å². The molecule has 0 radical (unpaired) electrons. The molecule has 0 bridgehead atoms. The van der Waals surface area contributed by atoms with E-state index in [1.165, 1.54) is 0 Å². The molecule has 1 saturated heterocycles. The Labute approximate surface area is 186 Å². The molecule has 7 nitrogen and oxygen atoms in total. The summed E-state index contributed by atoms with van der Waals surface area (Å²) in [5.74, 6) is -0.562. The van der Waals surface area contributed by atoms with Crippen LogP contribution in [0.1, 0.15) is 54.5 Å². The minimum atomic E-state index is -0.480. The van der Waals surface area contributed by atoms with Crippen LogP contribution in [-0.4, -0.2) is 57.9 Å². The van der Waals surface area contributed by atoms with Crippen LogP contribution in [-0.2, 0) is 4.74 Å². The molecule has 2 atom stereocenters. The van der Waals surface area contributed by atoms with Gasteiger partial charge in [0.2, 0.25) is 0 Å². The summed E-state index contributed by atoms with van der Waals surface area (Å²) in [6, 6.07) is 7.54. The SMILES string of the molecule is CCCCOC(=O)c1ncn2c1cc(C(=O)N1C[C@@H](C)N[C@@H](C)C1)c1cc(Cl)ccc12. The number of nitrogens with zero attached hydrogens (tertiary/aromatic N) is 3. The zero-order valence-corrected chi connectivity index (χ0v) is 18.8. The fourth-order valence-electron chi connectivity index (χ4n) is 4.21. The maximum Gasteiger partial charge on any atom is 0.359 e. The minimum Gasteiger partial charge on any atom is -0.461 e. The molecular weight excluding hydrogens is 416 g/mol. The second-order valence-corrected chi connectivity index (χ2v) is 8.67. The lowest BCUT2D eigenvalue weighted by Crippen LogP contribution is -2.55. The van der Waals surface area contributed by atoms with Gasteiger partial charge in [-0.05, 0) is 44.5 Å². The lowest BCUT2D eigenvalue weighted by Gasteiger charge is -2.36. The number of benzene rings is 1. The van der Waals surface area contributed by atoms with E-state index in [0.29, 0.717) is 35.8 Å². The Morgan fingerprint density at radius 1 is 1.19 bits per heavy atom. The number of imidazole rings is 1. The van der Waals surface area contributed by atoms with E-state index in [-0.39, 0.29) is 23.7 Å². The first kappa shape index (κ1) is 21.6. The quantitative estimate of drug-likeness (QED) is 0.478. The molecule has 0 saturated carbocycles. The summed E-state index contributed by atoms with van der Waals surface area (Å²) in [4.78, 5) is 32.4. The third kappa shape index (κ3) is 4.25. The molecule has 1 aromatic carbocycles. The van der Waals surface area contributed by atoms with Gasteiger partial charge in [0.25, 0.3) is 5.91 Å². The summed E-state index contributed by atoms with van der Waals surface area (Å²) in [6.45, 7) is 7.74. The van der Waals surface area contributed by atoms with E-state index in [2.05, 4.69) is 24.1 Å². The molecule has 31 heavy (non-hydrogen) atoms. The van der Waals surface area contributed by atoms with Crippen LogP contribution in [0.15, 0.2) is 30.6 Å². The van der Waals surface area contributed by atoms with Gasteiger partial charge in [-0.1, -0.05) is 24.9 Å². The Morgan fingerprint density at radius 2 is 1.94 bits per heavy atom. The van der Waals surface area contributed by atoms with Crippen molar-refractivity contribution >= 4 is 39.9 Å². The number of ether oxygens (including phenoxy) is 1. The van der Waals surface area contributed by atoms with Gasteiger partial charge in [-0.2, -0.15) is 0 Å². The Kier molecular flexibility index (Phi) is 6.16. The van der Waals surface area contributed by atoms with Crippen molar-refractivity contribution in [1.29, 1.82) is 0 Å². The predicted molar refractivity (Wildman–Crippen MR) is 121 cm³/mol. The van der Waals surface area contributed by atoms with Gasteiger partial charge in [-0.3, -0.25) is 9.20 Å². The molecule has 0 aliphatic carbocycles. The van der Waals surface area contributed by atoms with Crippen molar-refractivity contribution in [2.45, 2.75) is 45.7 Å². The number of aromatic nitrogens is 2. The number of piperazine rings is 1. The van der Waals surface area contributed by atoms with Crippen molar-refractivity contribution < 1.29 is 14.3 Å². The van der Waals surface area contributed by atoms with Crippen LogP contribution < -0.4 is 5.32 Å². The fraction of sp³-hybridized carbons (Fsp3) is 0.435. The highest BCUT2D eigenvalue weighted by Crippen LogP contribution is 2.28. The molecule has 1 aliphatic rings. The van der Waals surface area contributed by atoms with E-state index in [1.54, 1.807) is 24.5 Å². The van der Waals surface area contributed by atoms with Gasteiger partial charge >= 0.3 is 5.97 Å². The number of nitrogens with one attached hydrogen (secondary N) is 1. The van der Waals surface area contributed by atoms with Crippen LogP contribution >= 0.6 is 11.6 Å². The van der Waals surface area contributed by atoms with Crippen molar-refractivity contribution in [3.63, 3.8) is 0 Å². The molecule has 0 unspecified atom stereocenters. The number of amides is 1. The smallest absolute Gasteiger partial charge is 0.359 e. The van der Waals surface area contributed by atoms with Crippen LogP contribution in [0.25, 0.3) is 16.4 Å². The van der Waals surface area contributed by atoms with E-state index in [1.807, 2.05) is 22.3 Å². The number of carbonyl (C=O) groups excluding carboxylic acids is 2. The van der Waals surface area contributed by atoms with Crippen molar-refractivity contribution in [3.05, 3.63) is 46.9 Å². The van der Waals surface area contributed by atoms with Gasteiger partial charge in [0.05, 0.1) is 23.2 Å². The van der Waals surface area contributed by atoms with Crippen LogP contribution in [0.2, 0.25) is 5.02 Å². The number of carbonyl (C=O) groups is 2. The first-order valence-electron chi connectivity index (χ1n) is 10.7. The third-order valence-electron chi connectivity index (χ3n) is 5.59. The van der Waals surface area contributed by atoms with Crippen LogP contribution in [0.3, 0.4) is 0 Å². The van der Waals surface area contributed by atoms with Gasteiger partial charge < -0.3 is 15.0 Å². The second kappa shape index (κ2) is 8.85. The number of rotatable bonds is 5. The van der Waals surface area contributed by atoms with E-state index >= 15 is 0 Å². The average Bonchev–Trinajstić information content (AvgIpc) is 3.16. The Balaban J connectivity index is 1.82.